The standard InChI is InChI=1S/C19H23ClN2O4/c1-25-9-10-26-18-8-7-15(12-17(18)20)21-19(24)22-16(13-23)11-14-5-3-2-4-6-14/h2-8,12,16,23H,9-11,13H2,1H3,(H2,21,22,24). The zero-order valence-electron chi connectivity index (χ0n) is 14.6. The van der Waals surface area contributed by atoms with Crippen molar-refractivity contribution in [2.45, 2.75) is 12.5 Å². The summed E-state index contributed by atoms with van der Waals surface area (Å²) in [5.41, 5.74) is 1.57. The highest BCUT2D eigenvalue weighted by Crippen LogP contribution is 2.27. The first-order valence-electron chi connectivity index (χ1n) is 8.26. The van der Waals surface area contributed by atoms with Crippen LogP contribution in [0.4, 0.5) is 10.5 Å². The number of urea groups is 1. The zero-order valence-corrected chi connectivity index (χ0v) is 15.3. The maximum absolute atomic E-state index is 12.2. The molecule has 1 unspecified atom stereocenters. The lowest BCUT2D eigenvalue weighted by atomic mass is 10.1. The molecule has 26 heavy (non-hydrogen) atoms. The number of aliphatic hydroxyl groups is 1. The first kappa shape index (κ1) is 20.0. The molecule has 2 aromatic rings. The Kier molecular flexibility index (Phi) is 8.21. The average molecular weight is 379 g/mol. The van der Waals surface area contributed by atoms with Crippen molar-refractivity contribution in [3.05, 3.63) is 59.1 Å². The summed E-state index contributed by atoms with van der Waals surface area (Å²) >= 11 is 6.15. The van der Waals surface area contributed by atoms with Gasteiger partial charge in [-0.1, -0.05) is 41.9 Å². The summed E-state index contributed by atoms with van der Waals surface area (Å²) in [5, 5.41) is 15.3. The topological polar surface area (TPSA) is 79.8 Å². The fourth-order valence-corrected chi connectivity index (χ4v) is 2.58. The van der Waals surface area contributed by atoms with Crippen LogP contribution in [0, 0.1) is 0 Å². The van der Waals surface area contributed by atoms with Gasteiger partial charge in [0.25, 0.3) is 0 Å². The summed E-state index contributed by atoms with van der Waals surface area (Å²) in [6.07, 6.45) is 0.539. The fourth-order valence-electron chi connectivity index (χ4n) is 2.34. The van der Waals surface area contributed by atoms with Crippen LogP contribution in [0.5, 0.6) is 5.75 Å². The maximum atomic E-state index is 12.2. The Hall–Kier alpha value is -2.28. The quantitative estimate of drug-likeness (QED) is 0.586. The second-order valence-corrected chi connectivity index (χ2v) is 6.06. The first-order chi connectivity index (χ1) is 12.6. The highest BCUT2D eigenvalue weighted by Gasteiger charge is 2.13. The summed E-state index contributed by atoms with van der Waals surface area (Å²) in [7, 11) is 1.59. The molecule has 0 aliphatic carbocycles. The normalized spacial score (nSPS) is 11.7. The second kappa shape index (κ2) is 10.7. The largest absolute Gasteiger partial charge is 0.490 e. The summed E-state index contributed by atoms with van der Waals surface area (Å²) in [5.74, 6) is 0.520. The smallest absolute Gasteiger partial charge is 0.319 e. The van der Waals surface area contributed by atoms with Crippen LogP contribution in [0.2, 0.25) is 5.02 Å². The molecule has 0 aromatic heterocycles. The molecule has 0 spiro atoms. The summed E-state index contributed by atoms with van der Waals surface area (Å²) in [4.78, 5) is 12.2. The molecule has 0 saturated heterocycles. The Morgan fingerprint density at radius 1 is 1.19 bits per heavy atom. The van der Waals surface area contributed by atoms with Gasteiger partial charge in [-0.2, -0.15) is 0 Å². The lowest BCUT2D eigenvalue weighted by Gasteiger charge is -2.17. The molecule has 0 saturated carbocycles. The van der Waals surface area contributed by atoms with E-state index < -0.39 is 6.03 Å². The molecule has 0 aliphatic rings. The molecule has 0 fully saturated rings. The van der Waals surface area contributed by atoms with Crippen molar-refractivity contribution in [2.24, 2.45) is 0 Å². The number of aliphatic hydroxyl groups excluding tert-OH is 1. The van der Waals surface area contributed by atoms with E-state index in [9.17, 15) is 9.90 Å². The van der Waals surface area contributed by atoms with Gasteiger partial charge in [-0.05, 0) is 30.2 Å². The van der Waals surface area contributed by atoms with E-state index in [1.54, 1.807) is 25.3 Å². The number of benzene rings is 2. The number of hydrogen-bond acceptors (Lipinski definition) is 4. The second-order valence-electron chi connectivity index (χ2n) is 5.65. The van der Waals surface area contributed by atoms with Gasteiger partial charge in [0.15, 0.2) is 0 Å². The van der Waals surface area contributed by atoms with E-state index in [1.807, 2.05) is 30.3 Å². The van der Waals surface area contributed by atoms with E-state index in [2.05, 4.69) is 10.6 Å². The number of rotatable bonds is 9. The van der Waals surface area contributed by atoms with Gasteiger partial charge in [0.05, 0.1) is 24.3 Å². The monoisotopic (exact) mass is 378 g/mol. The molecule has 6 nitrogen and oxygen atoms in total. The zero-order chi connectivity index (χ0) is 18.8. The number of carbonyl (C=O) groups is 1. The minimum absolute atomic E-state index is 0.157. The van der Waals surface area contributed by atoms with Crippen LogP contribution in [0.25, 0.3) is 0 Å². The van der Waals surface area contributed by atoms with Crippen LogP contribution >= 0.6 is 11.6 Å². The molecule has 140 valence electrons. The Bertz CT molecular complexity index is 697. The predicted octanol–water partition coefficient (Wildman–Crippen LogP) is 3.09. The molecular formula is C19H23ClN2O4. The highest BCUT2D eigenvalue weighted by atomic mass is 35.5. The SMILES string of the molecule is COCCOc1ccc(NC(=O)NC(CO)Cc2ccccc2)cc1Cl. The van der Waals surface area contributed by atoms with Crippen molar-refractivity contribution in [3.8, 4) is 5.75 Å². The van der Waals surface area contributed by atoms with Crippen molar-refractivity contribution >= 4 is 23.3 Å². The maximum Gasteiger partial charge on any atom is 0.319 e. The number of ether oxygens (including phenoxy) is 2. The van der Waals surface area contributed by atoms with E-state index in [-0.39, 0.29) is 12.6 Å². The minimum atomic E-state index is -0.413. The lowest BCUT2D eigenvalue weighted by molar-refractivity contribution is 0.146. The van der Waals surface area contributed by atoms with E-state index in [0.29, 0.717) is 36.1 Å². The number of carbonyl (C=O) groups excluding carboxylic acids is 1. The van der Waals surface area contributed by atoms with Crippen LogP contribution < -0.4 is 15.4 Å². The van der Waals surface area contributed by atoms with Gasteiger partial charge in [0.2, 0.25) is 0 Å². The van der Waals surface area contributed by atoms with Gasteiger partial charge < -0.3 is 25.2 Å². The molecule has 3 N–H and O–H groups in total. The number of amides is 2. The predicted molar refractivity (Wildman–Crippen MR) is 102 cm³/mol. The summed E-state index contributed by atoms with van der Waals surface area (Å²) < 4.78 is 10.4. The Morgan fingerprint density at radius 3 is 2.62 bits per heavy atom. The van der Waals surface area contributed by atoms with Crippen LogP contribution in [0.3, 0.4) is 0 Å². The van der Waals surface area contributed by atoms with Gasteiger partial charge in [-0.25, -0.2) is 4.79 Å². The fraction of sp³-hybridized carbons (Fsp3) is 0.316. The number of nitrogens with one attached hydrogen (secondary N) is 2. The molecule has 2 rings (SSSR count). The molecule has 7 heteroatoms. The Morgan fingerprint density at radius 2 is 1.96 bits per heavy atom. The Labute approximate surface area is 158 Å². The number of hydrogen-bond donors (Lipinski definition) is 3. The third kappa shape index (κ3) is 6.55. The minimum Gasteiger partial charge on any atom is -0.490 e. The first-order valence-corrected chi connectivity index (χ1v) is 8.63. The third-order valence-electron chi connectivity index (χ3n) is 3.62. The van der Waals surface area contributed by atoms with Crippen molar-refractivity contribution in [1.82, 2.24) is 5.32 Å². The van der Waals surface area contributed by atoms with Gasteiger partial charge >= 0.3 is 6.03 Å². The molecule has 0 radical (unpaired) electrons. The van der Waals surface area contributed by atoms with E-state index in [4.69, 9.17) is 21.1 Å². The molecule has 2 aromatic carbocycles. The highest BCUT2D eigenvalue weighted by molar-refractivity contribution is 6.32. The van der Waals surface area contributed by atoms with Crippen molar-refractivity contribution < 1.29 is 19.4 Å². The van der Waals surface area contributed by atoms with Crippen molar-refractivity contribution in [3.63, 3.8) is 0 Å². The summed E-state index contributed by atoms with van der Waals surface area (Å²) in [6.45, 7) is 0.694. The van der Waals surface area contributed by atoms with Gasteiger partial charge in [0, 0.05) is 12.8 Å². The third-order valence-corrected chi connectivity index (χ3v) is 3.91. The number of anilines is 1. The number of halogens is 1. The Balaban J connectivity index is 1.88. The van der Waals surface area contributed by atoms with E-state index >= 15 is 0 Å². The van der Waals surface area contributed by atoms with Gasteiger partial charge in [-0.15, -0.1) is 0 Å². The van der Waals surface area contributed by atoms with E-state index in [1.165, 1.54) is 0 Å². The molecule has 0 bridgehead atoms. The molecule has 2 amide bonds. The van der Waals surface area contributed by atoms with E-state index in [0.717, 1.165) is 5.56 Å². The van der Waals surface area contributed by atoms with Gasteiger partial charge in [-0.3, -0.25) is 0 Å². The van der Waals surface area contributed by atoms with Crippen molar-refractivity contribution in [2.75, 3.05) is 32.2 Å². The van der Waals surface area contributed by atoms with Gasteiger partial charge in [0.1, 0.15) is 12.4 Å². The molecular weight excluding hydrogens is 356 g/mol. The van der Waals surface area contributed by atoms with Crippen LogP contribution in [0.15, 0.2) is 48.5 Å². The van der Waals surface area contributed by atoms with Crippen molar-refractivity contribution in [1.29, 1.82) is 0 Å². The molecule has 1 atom stereocenters. The molecule has 0 heterocycles. The number of methoxy groups -OCH3 is 1. The van der Waals surface area contributed by atoms with Crippen LogP contribution in [-0.4, -0.2) is 44.1 Å². The van der Waals surface area contributed by atoms with Crippen LogP contribution in [0.1, 0.15) is 5.56 Å². The van der Waals surface area contributed by atoms with Crippen LogP contribution in [-0.2, 0) is 11.2 Å². The average Bonchev–Trinajstić information content (AvgIpc) is 2.64. The molecule has 0 aliphatic heterocycles. The lowest BCUT2D eigenvalue weighted by Crippen LogP contribution is -2.41. The summed E-state index contributed by atoms with van der Waals surface area (Å²) in [6, 6.07) is 13.8.